The van der Waals surface area contributed by atoms with E-state index in [1.165, 1.54) is 5.56 Å². The highest BCUT2D eigenvalue weighted by Crippen LogP contribution is 2.38. The van der Waals surface area contributed by atoms with Crippen molar-refractivity contribution in [2.45, 2.75) is 25.8 Å². The van der Waals surface area contributed by atoms with Gasteiger partial charge < -0.3 is 29.7 Å². The van der Waals surface area contributed by atoms with Crippen LogP contribution in [-0.4, -0.2) is 56.9 Å². The van der Waals surface area contributed by atoms with Crippen LogP contribution in [0.4, 0.5) is 0 Å². The minimum absolute atomic E-state index is 0.127. The van der Waals surface area contributed by atoms with Crippen LogP contribution in [-0.2, 0) is 6.42 Å². The van der Waals surface area contributed by atoms with E-state index in [9.17, 15) is 4.79 Å². The molecule has 2 N–H and O–H groups in total. The first-order valence-corrected chi connectivity index (χ1v) is 11.1. The van der Waals surface area contributed by atoms with Gasteiger partial charge in [-0.3, -0.25) is 4.79 Å². The van der Waals surface area contributed by atoms with Crippen LogP contribution < -0.4 is 24.8 Å². The number of rotatable bonds is 8. The topological polar surface area (TPSA) is 72.1 Å². The number of thiocarbonyl (C=S) groups is 1. The van der Waals surface area contributed by atoms with Gasteiger partial charge in [0.1, 0.15) is 5.75 Å². The predicted molar refractivity (Wildman–Crippen MR) is 129 cm³/mol. The lowest BCUT2D eigenvalue weighted by molar-refractivity contribution is 0.0942. The fourth-order valence-corrected chi connectivity index (χ4v) is 4.18. The van der Waals surface area contributed by atoms with Crippen LogP contribution in [0.1, 0.15) is 40.9 Å². The highest BCUT2D eigenvalue weighted by Gasteiger charge is 2.31. The molecule has 172 valence electrons. The van der Waals surface area contributed by atoms with Gasteiger partial charge in [0.15, 0.2) is 16.6 Å². The molecular weight excluding hydrogens is 426 g/mol. The van der Waals surface area contributed by atoms with E-state index in [2.05, 4.69) is 22.5 Å². The summed E-state index contributed by atoms with van der Waals surface area (Å²) in [5.74, 6) is 1.93. The molecule has 0 fully saturated rings. The zero-order valence-electron chi connectivity index (χ0n) is 19.1. The number of carbonyl (C=O) groups is 1. The Morgan fingerprint density at radius 2 is 1.75 bits per heavy atom. The predicted octanol–water partition coefficient (Wildman–Crippen LogP) is 3.33. The maximum atomic E-state index is 12.8. The third kappa shape index (κ3) is 5.24. The number of fused-ring (bicyclic) bond motifs is 1. The average Bonchev–Trinajstić information content (AvgIpc) is 2.84. The second-order valence-electron chi connectivity index (χ2n) is 7.54. The van der Waals surface area contributed by atoms with E-state index in [0.717, 1.165) is 31.5 Å². The van der Waals surface area contributed by atoms with Gasteiger partial charge in [-0.25, -0.2) is 0 Å². The Morgan fingerprint density at radius 3 is 2.38 bits per heavy atom. The quantitative estimate of drug-likeness (QED) is 0.589. The maximum Gasteiger partial charge on any atom is 0.251 e. The summed E-state index contributed by atoms with van der Waals surface area (Å²) in [5.41, 5.74) is 2.82. The summed E-state index contributed by atoms with van der Waals surface area (Å²) in [6.07, 6.45) is 1.81. The minimum Gasteiger partial charge on any atom is -0.497 e. The summed E-state index contributed by atoms with van der Waals surface area (Å²) in [6, 6.07) is 10.9. The molecule has 1 aliphatic rings. The lowest BCUT2D eigenvalue weighted by atomic mass is 9.92. The van der Waals surface area contributed by atoms with Crippen molar-refractivity contribution in [1.29, 1.82) is 0 Å². The molecule has 1 amide bonds. The summed E-state index contributed by atoms with van der Waals surface area (Å²) >= 11 is 5.69. The molecule has 1 atom stereocenters. The van der Waals surface area contributed by atoms with Crippen molar-refractivity contribution >= 4 is 23.2 Å². The normalized spacial score (nSPS) is 14.9. The van der Waals surface area contributed by atoms with Crippen molar-refractivity contribution in [3.63, 3.8) is 0 Å². The van der Waals surface area contributed by atoms with Gasteiger partial charge in [-0.05, 0) is 72.6 Å². The lowest BCUT2D eigenvalue weighted by Crippen LogP contribution is -2.49. The largest absolute Gasteiger partial charge is 0.497 e. The van der Waals surface area contributed by atoms with E-state index in [4.69, 9.17) is 26.4 Å². The van der Waals surface area contributed by atoms with Crippen LogP contribution in [0.25, 0.3) is 0 Å². The Morgan fingerprint density at radius 1 is 1.06 bits per heavy atom. The third-order valence-corrected chi connectivity index (χ3v) is 5.98. The number of nitrogens with one attached hydrogen (secondary N) is 2. The number of hydrogen-bond acceptors (Lipinski definition) is 5. The fourth-order valence-electron chi connectivity index (χ4n) is 3.86. The van der Waals surface area contributed by atoms with Crippen LogP contribution in [0.5, 0.6) is 17.2 Å². The van der Waals surface area contributed by atoms with Gasteiger partial charge in [-0.1, -0.05) is 6.92 Å². The van der Waals surface area contributed by atoms with Crippen LogP contribution in [0.3, 0.4) is 0 Å². The molecular formula is C24H31N3O4S. The van der Waals surface area contributed by atoms with Crippen molar-refractivity contribution in [2.75, 3.05) is 41.0 Å². The second kappa shape index (κ2) is 11.0. The third-order valence-electron chi connectivity index (χ3n) is 5.60. The van der Waals surface area contributed by atoms with Gasteiger partial charge in [0.25, 0.3) is 5.91 Å². The molecule has 1 aliphatic heterocycles. The first-order valence-electron chi connectivity index (χ1n) is 10.7. The Labute approximate surface area is 195 Å². The van der Waals surface area contributed by atoms with E-state index in [1.807, 2.05) is 12.1 Å². The molecule has 3 rings (SSSR count). The number of carbonyl (C=O) groups excluding carboxylic acids is 1. The molecule has 0 saturated carbocycles. The monoisotopic (exact) mass is 457 g/mol. The van der Waals surface area contributed by atoms with E-state index < -0.39 is 0 Å². The Balaban J connectivity index is 1.86. The second-order valence-corrected chi connectivity index (χ2v) is 7.92. The van der Waals surface area contributed by atoms with Gasteiger partial charge in [-0.2, -0.15) is 0 Å². The Kier molecular flexibility index (Phi) is 8.16. The number of ether oxygens (including phenoxy) is 3. The van der Waals surface area contributed by atoms with E-state index in [0.29, 0.717) is 34.5 Å². The molecule has 0 aliphatic carbocycles. The average molecular weight is 458 g/mol. The van der Waals surface area contributed by atoms with Crippen molar-refractivity contribution in [3.05, 3.63) is 53.1 Å². The van der Waals surface area contributed by atoms with Crippen LogP contribution in [0, 0.1) is 0 Å². The SMILES string of the molecule is CCCNC(=S)N1CCc2cc(OC)c(OC)cc2[C@H]1CNC(=O)c1ccc(OC)cc1. The van der Waals surface area contributed by atoms with Gasteiger partial charge >= 0.3 is 0 Å². The molecule has 0 bridgehead atoms. The molecule has 0 unspecified atom stereocenters. The molecule has 2 aromatic rings. The zero-order chi connectivity index (χ0) is 23.1. The fraction of sp³-hybridized carbons (Fsp3) is 0.417. The number of nitrogens with zero attached hydrogens (tertiary/aromatic N) is 1. The van der Waals surface area contributed by atoms with Gasteiger partial charge in [-0.15, -0.1) is 0 Å². The highest BCUT2D eigenvalue weighted by atomic mass is 32.1. The summed E-state index contributed by atoms with van der Waals surface area (Å²) in [5, 5.41) is 7.08. The first-order chi connectivity index (χ1) is 15.5. The molecule has 7 nitrogen and oxygen atoms in total. The Bertz CT molecular complexity index is 949. The molecule has 32 heavy (non-hydrogen) atoms. The van der Waals surface area contributed by atoms with Gasteiger partial charge in [0, 0.05) is 25.2 Å². The number of methoxy groups -OCH3 is 3. The van der Waals surface area contributed by atoms with Crippen molar-refractivity contribution in [1.82, 2.24) is 15.5 Å². The van der Waals surface area contributed by atoms with Crippen molar-refractivity contribution in [3.8, 4) is 17.2 Å². The molecule has 1 heterocycles. The number of hydrogen-bond donors (Lipinski definition) is 2. The molecule has 0 saturated heterocycles. The molecule has 0 spiro atoms. The summed E-state index contributed by atoms with van der Waals surface area (Å²) in [7, 11) is 4.86. The van der Waals surface area contributed by atoms with Crippen LogP contribution >= 0.6 is 12.2 Å². The van der Waals surface area contributed by atoms with E-state index >= 15 is 0 Å². The first kappa shape index (κ1) is 23.7. The summed E-state index contributed by atoms with van der Waals surface area (Å²) < 4.78 is 16.2. The van der Waals surface area contributed by atoms with Gasteiger partial charge in [0.2, 0.25) is 0 Å². The van der Waals surface area contributed by atoms with Crippen LogP contribution in [0.15, 0.2) is 36.4 Å². The van der Waals surface area contributed by atoms with Crippen molar-refractivity contribution in [2.24, 2.45) is 0 Å². The lowest BCUT2D eigenvalue weighted by Gasteiger charge is -2.39. The molecule has 2 aromatic carbocycles. The minimum atomic E-state index is -0.146. The number of amides is 1. The standard InChI is InChI=1S/C24H31N3O4S/c1-5-11-25-24(32)27-12-10-17-13-21(30-3)22(31-4)14-19(17)20(27)15-26-23(28)16-6-8-18(29-2)9-7-16/h6-9,13-14,20H,5,10-12,15H2,1-4H3,(H,25,32)(H,26,28)/t20-/m1/s1. The maximum absolute atomic E-state index is 12.8. The Hall–Kier alpha value is -3.00. The molecule has 0 aromatic heterocycles. The summed E-state index contributed by atoms with van der Waals surface area (Å²) in [4.78, 5) is 15.0. The van der Waals surface area contributed by atoms with Crippen molar-refractivity contribution < 1.29 is 19.0 Å². The van der Waals surface area contributed by atoms with E-state index in [1.54, 1.807) is 45.6 Å². The smallest absolute Gasteiger partial charge is 0.251 e. The summed E-state index contributed by atoms with van der Waals surface area (Å²) in [6.45, 7) is 4.06. The highest BCUT2D eigenvalue weighted by molar-refractivity contribution is 7.80. The molecule has 8 heteroatoms. The van der Waals surface area contributed by atoms with Crippen LogP contribution in [0.2, 0.25) is 0 Å². The van der Waals surface area contributed by atoms with Gasteiger partial charge in [0.05, 0.1) is 27.4 Å². The van der Waals surface area contributed by atoms with E-state index in [-0.39, 0.29) is 11.9 Å². The zero-order valence-corrected chi connectivity index (χ0v) is 19.9. The number of benzene rings is 2. The molecule has 0 radical (unpaired) electrons.